The first-order valence-electron chi connectivity index (χ1n) is 6.10. The maximum absolute atomic E-state index is 12.8. The van der Waals surface area contributed by atoms with Crippen molar-refractivity contribution in [3.05, 3.63) is 56.7 Å². The molecule has 0 aliphatic carbocycles. The summed E-state index contributed by atoms with van der Waals surface area (Å²) in [5.41, 5.74) is -1.79. The van der Waals surface area contributed by atoms with Crippen LogP contribution in [0.1, 0.15) is 11.1 Å². The van der Waals surface area contributed by atoms with E-state index >= 15 is 0 Å². The molecule has 0 spiro atoms. The zero-order chi connectivity index (χ0) is 17.2. The average molecular weight is 348 g/mol. The number of nitro benzene ring substituents is 1. The summed E-state index contributed by atoms with van der Waals surface area (Å²) in [5, 5.41) is 21.8. The fourth-order valence-corrected chi connectivity index (χ4v) is 2.03. The van der Waals surface area contributed by atoms with Gasteiger partial charge in [0.05, 0.1) is 22.1 Å². The lowest BCUT2D eigenvalue weighted by Crippen LogP contribution is -2.08. The number of alkyl halides is 3. The molecule has 1 aromatic heterocycles. The van der Waals surface area contributed by atoms with E-state index in [1.165, 1.54) is 18.3 Å². The monoisotopic (exact) mass is 347 g/mol. The molecule has 0 saturated heterocycles. The van der Waals surface area contributed by atoms with Crippen LogP contribution in [0.15, 0.2) is 30.5 Å². The highest BCUT2D eigenvalue weighted by Gasteiger charge is 2.36. The van der Waals surface area contributed by atoms with Crippen molar-refractivity contribution in [3.63, 3.8) is 0 Å². The molecule has 0 radical (unpaired) electrons. The third-order valence-electron chi connectivity index (χ3n) is 2.86. The molecule has 0 saturated carbocycles. The largest absolute Gasteiger partial charge is 0.418 e. The Balaban J connectivity index is 2.44. The van der Waals surface area contributed by atoms with Crippen molar-refractivity contribution in [2.24, 2.45) is 0 Å². The number of pyridine rings is 1. The summed E-state index contributed by atoms with van der Waals surface area (Å²) in [6.45, 7) is -0.237. The van der Waals surface area contributed by atoms with Gasteiger partial charge in [-0.15, -0.1) is 0 Å². The summed E-state index contributed by atoms with van der Waals surface area (Å²) in [6, 6.07) is 4.12. The fraction of sp³-hybridized carbons (Fsp3) is 0.154. The van der Waals surface area contributed by atoms with Gasteiger partial charge in [0, 0.05) is 12.3 Å². The molecule has 2 aromatic rings. The Morgan fingerprint density at radius 1 is 1.35 bits per heavy atom. The van der Waals surface area contributed by atoms with Crippen LogP contribution >= 0.6 is 11.6 Å². The number of anilines is 2. The summed E-state index contributed by atoms with van der Waals surface area (Å²) < 4.78 is 38.3. The molecular formula is C13H9ClF3N3O3. The van der Waals surface area contributed by atoms with E-state index in [1.807, 2.05) is 0 Å². The summed E-state index contributed by atoms with van der Waals surface area (Å²) in [7, 11) is 0. The number of hydrogen-bond donors (Lipinski definition) is 2. The van der Waals surface area contributed by atoms with Crippen molar-refractivity contribution in [2.75, 3.05) is 5.32 Å². The van der Waals surface area contributed by atoms with Gasteiger partial charge in [0.1, 0.15) is 11.5 Å². The number of aliphatic hydroxyl groups is 1. The van der Waals surface area contributed by atoms with E-state index in [9.17, 15) is 23.3 Å². The highest BCUT2D eigenvalue weighted by Crippen LogP contribution is 2.40. The second kappa shape index (κ2) is 6.39. The number of benzene rings is 1. The van der Waals surface area contributed by atoms with Crippen molar-refractivity contribution in [3.8, 4) is 0 Å². The summed E-state index contributed by atoms with van der Waals surface area (Å²) in [6.07, 6.45) is -3.48. The summed E-state index contributed by atoms with van der Waals surface area (Å²) in [4.78, 5) is 13.9. The molecule has 2 N–H and O–H groups in total. The molecule has 0 amide bonds. The van der Waals surface area contributed by atoms with Crippen LogP contribution < -0.4 is 5.32 Å². The predicted molar refractivity (Wildman–Crippen MR) is 76.6 cm³/mol. The smallest absolute Gasteiger partial charge is 0.392 e. The van der Waals surface area contributed by atoms with Gasteiger partial charge < -0.3 is 10.4 Å². The van der Waals surface area contributed by atoms with Gasteiger partial charge in [-0.2, -0.15) is 13.2 Å². The summed E-state index contributed by atoms with van der Waals surface area (Å²) in [5.74, 6) is 0.154. The first-order valence-corrected chi connectivity index (χ1v) is 6.48. The molecule has 0 atom stereocenters. The number of rotatable bonds is 4. The zero-order valence-corrected chi connectivity index (χ0v) is 12.0. The fourth-order valence-electron chi connectivity index (χ4n) is 1.76. The molecular weight excluding hydrogens is 339 g/mol. The SMILES string of the molecule is O=[N+]([O-])c1cc(C(F)(F)F)c(Cl)cc1Nc1ccc(CO)cn1. The molecule has 1 aromatic carbocycles. The second-order valence-corrected chi connectivity index (χ2v) is 4.85. The molecule has 10 heteroatoms. The quantitative estimate of drug-likeness (QED) is 0.647. The molecule has 122 valence electrons. The number of halogens is 4. The number of hydrogen-bond acceptors (Lipinski definition) is 5. The van der Waals surface area contributed by atoms with E-state index in [0.29, 0.717) is 11.6 Å². The number of aromatic nitrogens is 1. The Morgan fingerprint density at radius 2 is 2.04 bits per heavy atom. The molecule has 0 aliphatic heterocycles. The lowest BCUT2D eigenvalue weighted by atomic mass is 10.1. The Hall–Kier alpha value is -2.39. The molecule has 0 fully saturated rings. The zero-order valence-electron chi connectivity index (χ0n) is 11.3. The van der Waals surface area contributed by atoms with Gasteiger partial charge in [-0.3, -0.25) is 10.1 Å². The second-order valence-electron chi connectivity index (χ2n) is 4.44. The molecule has 6 nitrogen and oxygen atoms in total. The van der Waals surface area contributed by atoms with Crippen LogP contribution in [0.2, 0.25) is 5.02 Å². The molecule has 2 rings (SSSR count). The van der Waals surface area contributed by atoms with E-state index in [-0.39, 0.29) is 18.1 Å². The van der Waals surface area contributed by atoms with Crippen LogP contribution in [0.25, 0.3) is 0 Å². The molecule has 0 bridgehead atoms. The van der Waals surface area contributed by atoms with Crippen molar-refractivity contribution in [1.29, 1.82) is 0 Å². The van der Waals surface area contributed by atoms with Gasteiger partial charge in [-0.25, -0.2) is 4.98 Å². The Kier molecular flexibility index (Phi) is 4.71. The van der Waals surface area contributed by atoms with Crippen LogP contribution in [0.5, 0.6) is 0 Å². The Bertz CT molecular complexity index is 736. The normalized spacial score (nSPS) is 11.3. The first kappa shape index (κ1) is 17.0. The number of nitro groups is 1. The van der Waals surface area contributed by atoms with Gasteiger partial charge >= 0.3 is 6.18 Å². The Labute approximate surface area is 132 Å². The minimum absolute atomic E-state index is 0.154. The van der Waals surface area contributed by atoms with E-state index in [4.69, 9.17) is 16.7 Å². The highest BCUT2D eigenvalue weighted by atomic mass is 35.5. The Morgan fingerprint density at radius 3 is 2.52 bits per heavy atom. The van der Waals surface area contributed by atoms with Crippen molar-refractivity contribution >= 4 is 28.8 Å². The van der Waals surface area contributed by atoms with Crippen LogP contribution in [0.4, 0.5) is 30.4 Å². The predicted octanol–water partition coefficient (Wildman–Crippen LogP) is 3.90. The van der Waals surface area contributed by atoms with Crippen LogP contribution in [-0.4, -0.2) is 15.0 Å². The van der Waals surface area contributed by atoms with E-state index in [0.717, 1.165) is 6.07 Å². The summed E-state index contributed by atoms with van der Waals surface area (Å²) >= 11 is 5.57. The maximum atomic E-state index is 12.8. The highest BCUT2D eigenvalue weighted by molar-refractivity contribution is 6.31. The van der Waals surface area contributed by atoms with Crippen molar-refractivity contribution in [1.82, 2.24) is 4.98 Å². The minimum atomic E-state index is -4.80. The van der Waals surface area contributed by atoms with Crippen molar-refractivity contribution < 1.29 is 23.2 Å². The topological polar surface area (TPSA) is 88.3 Å². The van der Waals surface area contributed by atoms with Gasteiger partial charge in [0.15, 0.2) is 0 Å². The van der Waals surface area contributed by atoms with Crippen LogP contribution in [0, 0.1) is 10.1 Å². The molecule has 0 unspecified atom stereocenters. The third kappa shape index (κ3) is 3.88. The van der Waals surface area contributed by atoms with E-state index in [1.54, 1.807) is 0 Å². The molecule has 0 aliphatic rings. The maximum Gasteiger partial charge on any atom is 0.418 e. The molecule has 23 heavy (non-hydrogen) atoms. The number of nitrogens with one attached hydrogen (secondary N) is 1. The third-order valence-corrected chi connectivity index (χ3v) is 3.17. The van der Waals surface area contributed by atoms with Crippen LogP contribution in [-0.2, 0) is 12.8 Å². The number of aliphatic hydroxyl groups excluding tert-OH is 1. The van der Waals surface area contributed by atoms with Gasteiger partial charge in [-0.05, 0) is 17.7 Å². The molecule has 1 heterocycles. The van der Waals surface area contributed by atoms with Gasteiger partial charge in [-0.1, -0.05) is 17.7 Å². The van der Waals surface area contributed by atoms with Gasteiger partial charge in [0.2, 0.25) is 0 Å². The lowest BCUT2D eigenvalue weighted by molar-refractivity contribution is -0.384. The van der Waals surface area contributed by atoms with Gasteiger partial charge in [0.25, 0.3) is 5.69 Å². The van der Waals surface area contributed by atoms with Crippen LogP contribution in [0.3, 0.4) is 0 Å². The first-order chi connectivity index (χ1) is 10.7. The average Bonchev–Trinajstić information content (AvgIpc) is 2.46. The van der Waals surface area contributed by atoms with Crippen molar-refractivity contribution in [2.45, 2.75) is 12.8 Å². The van der Waals surface area contributed by atoms with E-state index < -0.39 is 27.4 Å². The standard InChI is InChI=1S/C13H9ClF3N3O3/c14-9-4-10(19-12-2-1-7(6-21)5-18-12)11(20(22)23)3-8(9)13(15,16)17/h1-5,21H,6H2,(H,18,19). The van der Waals surface area contributed by atoms with E-state index in [2.05, 4.69) is 10.3 Å². The number of nitrogens with zero attached hydrogens (tertiary/aromatic N) is 2. The lowest BCUT2D eigenvalue weighted by Gasteiger charge is -2.12. The minimum Gasteiger partial charge on any atom is -0.392 e.